The molecule has 6 heteroatoms. The Kier molecular flexibility index (Phi) is 3.55. The van der Waals surface area contributed by atoms with E-state index < -0.39 is 0 Å². The molecule has 0 saturated heterocycles. The average Bonchev–Trinajstić information content (AvgIpc) is 3.01. The van der Waals surface area contributed by atoms with Crippen LogP contribution in [0.1, 0.15) is 11.4 Å². The number of benzene rings is 1. The zero-order valence-electron chi connectivity index (χ0n) is 9.64. The van der Waals surface area contributed by atoms with Crippen LogP contribution in [0.25, 0.3) is 10.8 Å². The highest BCUT2D eigenvalue weighted by Crippen LogP contribution is 2.31. The third-order valence-corrected chi connectivity index (χ3v) is 4.14. The van der Waals surface area contributed by atoms with Gasteiger partial charge in [-0.1, -0.05) is 40.5 Å². The van der Waals surface area contributed by atoms with Gasteiger partial charge in [0.05, 0.1) is 5.02 Å². The lowest BCUT2D eigenvalue weighted by Crippen LogP contribution is -1.90. The molecule has 3 nitrogen and oxygen atoms in total. The molecule has 3 rings (SSSR count). The third-order valence-electron chi connectivity index (χ3n) is 2.56. The molecule has 1 aromatic carbocycles. The molecular formula is C13H8Cl2N2OS. The smallest absolute Gasteiger partial charge is 0.269 e. The lowest BCUT2D eigenvalue weighted by atomic mass is 10.1. The summed E-state index contributed by atoms with van der Waals surface area (Å²) in [5, 5.41) is 7.19. The van der Waals surface area contributed by atoms with E-state index >= 15 is 0 Å². The Labute approximate surface area is 123 Å². The predicted molar refractivity (Wildman–Crippen MR) is 76.9 cm³/mol. The fourth-order valence-corrected chi connectivity index (χ4v) is 2.83. The van der Waals surface area contributed by atoms with Gasteiger partial charge in [-0.15, -0.1) is 11.3 Å². The Balaban J connectivity index is 1.82. The van der Waals surface area contributed by atoms with Crippen molar-refractivity contribution in [1.82, 2.24) is 10.1 Å². The maximum Gasteiger partial charge on any atom is 0.269 e. The van der Waals surface area contributed by atoms with Crippen LogP contribution in [0.4, 0.5) is 0 Å². The van der Waals surface area contributed by atoms with Crippen LogP contribution in [0.15, 0.2) is 40.2 Å². The van der Waals surface area contributed by atoms with E-state index in [2.05, 4.69) is 10.1 Å². The Morgan fingerprint density at radius 3 is 2.58 bits per heavy atom. The number of aromatic nitrogens is 2. The Morgan fingerprint density at radius 1 is 1.11 bits per heavy atom. The zero-order chi connectivity index (χ0) is 13.2. The summed E-state index contributed by atoms with van der Waals surface area (Å²) in [7, 11) is 0. The van der Waals surface area contributed by atoms with Crippen molar-refractivity contribution >= 4 is 34.5 Å². The molecule has 0 aliphatic heterocycles. The maximum atomic E-state index is 6.03. The highest BCUT2D eigenvalue weighted by Gasteiger charge is 2.13. The van der Waals surface area contributed by atoms with Crippen molar-refractivity contribution in [3.63, 3.8) is 0 Å². The molecule has 0 saturated carbocycles. The molecule has 0 radical (unpaired) electrons. The first-order valence-corrected chi connectivity index (χ1v) is 7.16. The second-order valence-electron chi connectivity index (χ2n) is 3.92. The molecule has 0 amide bonds. The first kappa shape index (κ1) is 12.7. The van der Waals surface area contributed by atoms with E-state index in [4.69, 9.17) is 27.7 Å². The van der Waals surface area contributed by atoms with Gasteiger partial charge in [0.15, 0.2) is 5.82 Å². The number of nitrogens with zero attached hydrogens (tertiary/aromatic N) is 2. The van der Waals surface area contributed by atoms with Crippen LogP contribution < -0.4 is 0 Å². The van der Waals surface area contributed by atoms with Gasteiger partial charge in [0, 0.05) is 11.4 Å². The Morgan fingerprint density at radius 2 is 1.89 bits per heavy atom. The summed E-state index contributed by atoms with van der Waals surface area (Å²) in [6.07, 6.45) is 0.601. The summed E-state index contributed by atoms with van der Waals surface area (Å²) >= 11 is 13.3. The summed E-state index contributed by atoms with van der Waals surface area (Å²) in [4.78, 5) is 5.15. The van der Waals surface area contributed by atoms with Crippen LogP contribution in [0.5, 0.6) is 0 Å². The summed E-state index contributed by atoms with van der Waals surface area (Å²) in [5.41, 5.74) is 1.08. The van der Waals surface area contributed by atoms with E-state index in [-0.39, 0.29) is 0 Å². The van der Waals surface area contributed by atoms with Crippen LogP contribution in [-0.4, -0.2) is 10.1 Å². The van der Waals surface area contributed by atoms with Gasteiger partial charge >= 0.3 is 0 Å². The summed E-state index contributed by atoms with van der Waals surface area (Å²) in [5.74, 6) is 1.09. The molecule has 0 aliphatic carbocycles. The lowest BCUT2D eigenvalue weighted by Gasteiger charge is -1.96. The fraction of sp³-hybridized carbons (Fsp3) is 0.0769. The number of halogens is 2. The second-order valence-corrected chi connectivity index (χ2v) is 5.68. The van der Waals surface area contributed by atoms with Crippen molar-refractivity contribution < 1.29 is 4.52 Å². The van der Waals surface area contributed by atoms with Crippen molar-refractivity contribution in [3.8, 4) is 10.8 Å². The lowest BCUT2D eigenvalue weighted by molar-refractivity contribution is 0.425. The zero-order valence-corrected chi connectivity index (χ0v) is 12.0. The van der Waals surface area contributed by atoms with Gasteiger partial charge in [-0.05, 0) is 29.1 Å². The van der Waals surface area contributed by atoms with E-state index in [0.717, 1.165) is 10.4 Å². The minimum Gasteiger partial charge on any atom is -0.333 e. The summed E-state index contributed by atoms with van der Waals surface area (Å²) in [6.45, 7) is 0. The minimum atomic E-state index is 0.462. The quantitative estimate of drug-likeness (QED) is 0.704. The van der Waals surface area contributed by atoms with Crippen molar-refractivity contribution in [3.05, 3.63) is 57.1 Å². The van der Waals surface area contributed by atoms with Gasteiger partial charge in [-0.3, -0.25) is 0 Å². The molecule has 3 aromatic rings. The molecule has 0 bridgehead atoms. The van der Waals surface area contributed by atoms with E-state index in [1.165, 1.54) is 11.3 Å². The first-order chi connectivity index (χ1) is 9.22. The maximum absolute atomic E-state index is 6.03. The molecule has 2 aromatic heterocycles. The average molecular weight is 311 g/mol. The molecule has 19 heavy (non-hydrogen) atoms. The van der Waals surface area contributed by atoms with E-state index in [1.54, 1.807) is 0 Å². The van der Waals surface area contributed by atoms with Crippen LogP contribution in [0.2, 0.25) is 10.0 Å². The van der Waals surface area contributed by atoms with Crippen molar-refractivity contribution in [1.29, 1.82) is 0 Å². The van der Waals surface area contributed by atoms with Gasteiger partial charge in [-0.2, -0.15) is 4.98 Å². The van der Waals surface area contributed by atoms with Crippen molar-refractivity contribution in [2.24, 2.45) is 0 Å². The second kappa shape index (κ2) is 5.33. The standard InChI is InChI=1S/C13H8Cl2N2OS/c14-9-3-1-8(2-4-9)7-11-16-13(18-17-11)12-10(15)5-6-19-12/h1-6H,7H2. The monoisotopic (exact) mass is 310 g/mol. The molecular weight excluding hydrogens is 303 g/mol. The number of thiophene rings is 1. The minimum absolute atomic E-state index is 0.462. The molecule has 0 spiro atoms. The first-order valence-electron chi connectivity index (χ1n) is 5.53. The molecule has 0 unspecified atom stereocenters. The molecule has 0 aliphatic rings. The molecule has 0 atom stereocenters. The van der Waals surface area contributed by atoms with Crippen molar-refractivity contribution in [2.45, 2.75) is 6.42 Å². The highest BCUT2D eigenvalue weighted by atomic mass is 35.5. The number of rotatable bonds is 3. The topological polar surface area (TPSA) is 38.9 Å². The van der Waals surface area contributed by atoms with Crippen LogP contribution >= 0.6 is 34.5 Å². The van der Waals surface area contributed by atoms with Gasteiger partial charge < -0.3 is 4.52 Å². The van der Waals surface area contributed by atoms with Crippen LogP contribution in [-0.2, 0) is 6.42 Å². The number of hydrogen-bond acceptors (Lipinski definition) is 4. The van der Waals surface area contributed by atoms with Crippen LogP contribution in [0, 0.1) is 0 Å². The van der Waals surface area contributed by atoms with Gasteiger partial charge in [0.2, 0.25) is 0 Å². The SMILES string of the molecule is Clc1ccc(Cc2noc(-c3sccc3Cl)n2)cc1. The Hall–Kier alpha value is -1.36. The normalized spacial score (nSPS) is 10.8. The summed E-state index contributed by atoms with van der Waals surface area (Å²) < 4.78 is 5.22. The largest absolute Gasteiger partial charge is 0.333 e. The third kappa shape index (κ3) is 2.81. The van der Waals surface area contributed by atoms with Crippen molar-refractivity contribution in [2.75, 3.05) is 0 Å². The van der Waals surface area contributed by atoms with Gasteiger partial charge in [0.1, 0.15) is 4.88 Å². The fourth-order valence-electron chi connectivity index (χ4n) is 1.65. The molecule has 2 heterocycles. The van der Waals surface area contributed by atoms with Gasteiger partial charge in [0.25, 0.3) is 5.89 Å². The highest BCUT2D eigenvalue weighted by molar-refractivity contribution is 7.14. The number of hydrogen-bond donors (Lipinski definition) is 0. The molecule has 96 valence electrons. The molecule has 0 fully saturated rings. The predicted octanol–water partition coefficient (Wildman–Crippen LogP) is 4.70. The van der Waals surface area contributed by atoms with E-state index in [1.807, 2.05) is 35.7 Å². The van der Waals surface area contributed by atoms with Crippen LogP contribution in [0.3, 0.4) is 0 Å². The van der Waals surface area contributed by atoms with E-state index in [0.29, 0.717) is 28.2 Å². The Bertz CT molecular complexity index is 691. The van der Waals surface area contributed by atoms with E-state index in [9.17, 15) is 0 Å². The summed E-state index contributed by atoms with van der Waals surface area (Å²) in [6, 6.07) is 9.37. The van der Waals surface area contributed by atoms with Gasteiger partial charge in [-0.25, -0.2) is 0 Å². The molecule has 0 N–H and O–H groups in total.